The lowest BCUT2D eigenvalue weighted by Crippen LogP contribution is -2.42. The molecule has 0 heterocycles. The van der Waals surface area contributed by atoms with E-state index < -0.39 is 6.10 Å². The molecule has 0 saturated heterocycles. The van der Waals surface area contributed by atoms with Crippen molar-refractivity contribution in [2.75, 3.05) is 11.9 Å². The summed E-state index contributed by atoms with van der Waals surface area (Å²) in [6, 6.07) is 7.37. The van der Waals surface area contributed by atoms with Gasteiger partial charge in [0.1, 0.15) is 0 Å². The zero-order valence-electron chi connectivity index (χ0n) is 12.1. The van der Waals surface area contributed by atoms with Crippen molar-refractivity contribution in [3.05, 3.63) is 29.8 Å². The molecule has 0 radical (unpaired) electrons. The highest BCUT2D eigenvalue weighted by Gasteiger charge is 2.24. The topological polar surface area (TPSA) is 61.4 Å². The molecule has 0 aliphatic heterocycles. The molecule has 110 valence electrons. The van der Waals surface area contributed by atoms with Crippen LogP contribution in [0.25, 0.3) is 0 Å². The molecule has 1 aliphatic rings. The van der Waals surface area contributed by atoms with Gasteiger partial charge in [-0.05, 0) is 31.9 Å². The highest BCUT2D eigenvalue weighted by atomic mass is 16.3. The van der Waals surface area contributed by atoms with Crippen molar-refractivity contribution in [3.63, 3.8) is 0 Å². The van der Waals surface area contributed by atoms with E-state index in [4.69, 9.17) is 0 Å². The number of carbonyl (C=O) groups is 1. The van der Waals surface area contributed by atoms with Gasteiger partial charge in [0.25, 0.3) is 5.91 Å². The largest absolute Gasteiger partial charge is 0.391 e. The first-order valence-electron chi connectivity index (χ1n) is 7.54. The number of anilines is 1. The Balaban J connectivity index is 2.07. The molecule has 4 nitrogen and oxygen atoms in total. The minimum Gasteiger partial charge on any atom is -0.391 e. The first kappa shape index (κ1) is 14.9. The second-order valence-electron chi connectivity index (χ2n) is 5.36. The van der Waals surface area contributed by atoms with Crippen molar-refractivity contribution in [2.45, 2.75) is 51.2 Å². The van der Waals surface area contributed by atoms with Crippen molar-refractivity contribution < 1.29 is 9.90 Å². The number of aliphatic hydroxyl groups excluding tert-OH is 1. The molecule has 3 N–H and O–H groups in total. The second-order valence-corrected chi connectivity index (χ2v) is 5.36. The fourth-order valence-corrected chi connectivity index (χ4v) is 2.73. The number of rotatable bonds is 4. The predicted molar refractivity (Wildman–Crippen MR) is 81.0 cm³/mol. The molecule has 0 spiro atoms. The van der Waals surface area contributed by atoms with Crippen LogP contribution in [0.15, 0.2) is 24.3 Å². The van der Waals surface area contributed by atoms with Crippen LogP contribution in [0.4, 0.5) is 5.69 Å². The van der Waals surface area contributed by atoms with E-state index in [2.05, 4.69) is 10.6 Å². The second kappa shape index (κ2) is 7.29. The lowest BCUT2D eigenvalue weighted by Gasteiger charge is -2.22. The van der Waals surface area contributed by atoms with Crippen LogP contribution in [-0.2, 0) is 0 Å². The number of carbonyl (C=O) groups excluding carboxylic acids is 1. The fraction of sp³-hybridized carbons (Fsp3) is 0.562. The third-order valence-corrected chi connectivity index (χ3v) is 3.83. The summed E-state index contributed by atoms with van der Waals surface area (Å²) in [5.41, 5.74) is 1.49. The minimum atomic E-state index is -0.423. The van der Waals surface area contributed by atoms with Gasteiger partial charge in [-0.3, -0.25) is 4.79 Å². The van der Waals surface area contributed by atoms with E-state index in [0.717, 1.165) is 44.3 Å². The van der Waals surface area contributed by atoms with Crippen LogP contribution in [0, 0.1) is 0 Å². The van der Waals surface area contributed by atoms with Gasteiger partial charge in [-0.1, -0.05) is 31.4 Å². The Hall–Kier alpha value is -1.55. The van der Waals surface area contributed by atoms with Crippen molar-refractivity contribution in [1.82, 2.24) is 5.32 Å². The minimum absolute atomic E-state index is 0.104. The molecule has 1 aliphatic carbocycles. The highest BCUT2D eigenvalue weighted by molar-refractivity contribution is 5.99. The van der Waals surface area contributed by atoms with Crippen LogP contribution >= 0.6 is 0 Å². The molecule has 0 aromatic heterocycles. The van der Waals surface area contributed by atoms with E-state index in [0.29, 0.717) is 5.56 Å². The Morgan fingerprint density at radius 2 is 2.00 bits per heavy atom. The summed E-state index contributed by atoms with van der Waals surface area (Å²) in [5.74, 6) is -0.104. The number of hydrogen-bond donors (Lipinski definition) is 3. The Labute approximate surface area is 120 Å². The molecule has 1 aromatic rings. The Bertz CT molecular complexity index is 448. The van der Waals surface area contributed by atoms with Gasteiger partial charge >= 0.3 is 0 Å². The molecule has 1 saturated carbocycles. The van der Waals surface area contributed by atoms with E-state index >= 15 is 0 Å². The molecule has 2 unspecified atom stereocenters. The maximum absolute atomic E-state index is 12.4. The van der Waals surface area contributed by atoms with E-state index in [1.165, 1.54) is 0 Å². The molecule has 0 bridgehead atoms. The summed E-state index contributed by atoms with van der Waals surface area (Å²) in [5, 5.41) is 16.3. The third kappa shape index (κ3) is 3.73. The van der Waals surface area contributed by atoms with Gasteiger partial charge in [-0.2, -0.15) is 0 Å². The zero-order chi connectivity index (χ0) is 14.4. The normalized spacial score (nSPS) is 22.9. The number of hydrogen-bond acceptors (Lipinski definition) is 3. The molecule has 2 atom stereocenters. The quantitative estimate of drug-likeness (QED) is 0.741. The van der Waals surface area contributed by atoms with Crippen molar-refractivity contribution in [2.24, 2.45) is 0 Å². The van der Waals surface area contributed by atoms with Crippen LogP contribution < -0.4 is 10.6 Å². The smallest absolute Gasteiger partial charge is 0.253 e. The fourth-order valence-electron chi connectivity index (χ4n) is 2.73. The van der Waals surface area contributed by atoms with Gasteiger partial charge in [0, 0.05) is 12.2 Å². The SMILES string of the molecule is CCNc1ccccc1C(=O)NC1CCCCCC1O. The summed E-state index contributed by atoms with van der Waals surface area (Å²) in [7, 11) is 0. The number of nitrogens with one attached hydrogen (secondary N) is 2. The zero-order valence-corrected chi connectivity index (χ0v) is 12.1. The van der Waals surface area contributed by atoms with Crippen LogP contribution in [0.2, 0.25) is 0 Å². The van der Waals surface area contributed by atoms with Crippen molar-refractivity contribution >= 4 is 11.6 Å². The van der Waals surface area contributed by atoms with Gasteiger partial charge in [0.2, 0.25) is 0 Å². The summed E-state index contributed by atoms with van der Waals surface area (Å²) in [6.07, 6.45) is 4.46. The average molecular weight is 276 g/mol. The van der Waals surface area contributed by atoms with E-state index in [1.54, 1.807) is 0 Å². The van der Waals surface area contributed by atoms with Crippen LogP contribution in [-0.4, -0.2) is 29.7 Å². The van der Waals surface area contributed by atoms with E-state index in [-0.39, 0.29) is 11.9 Å². The molecule has 1 aromatic carbocycles. The summed E-state index contributed by atoms with van der Waals surface area (Å²) in [4.78, 5) is 12.4. The van der Waals surface area contributed by atoms with Crippen LogP contribution in [0.3, 0.4) is 0 Å². The standard InChI is InChI=1S/C16H24N2O2/c1-2-17-13-9-7-6-8-12(13)16(20)18-14-10-4-3-5-11-15(14)19/h6-9,14-15,17,19H,2-5,10-11H2,1H3,(H,18,20). The van der Waals surface area contributed by atoms with Crippen LogP contribution in [0.1, 0.15) is 49.4 Å². The maximum atomic E-state index is 12.4. The number of amides is 1. The lowest BCUT2D eigenvalue weighted by molar-refractivity contribution is 0.0819. The summed E-state index contributed by atoms with van der Waals surface area (Å²) in [6.45, 7) is 2.78. The monoisotopic (exact) mass is 276 g/mol. The first-order chi connectivity index (χ1) is 9.72. The number of aliphatic hydroxyl groups is 1. The first-order valence-corrected chi connectivity index (χ1v) is 7.54. The number of benzene rings is 1. The third-order valence-electron chi connectivity index (χ3n) is 3.83. The Kier molecular flexibility index (Phi) is 5.41. The van der Waals surface area contributed by atoms with Gasteiger partial charge in [0.15, 0.2) is 0 Å². The summed E-state index contributed by atoms with van der Waals surface area (Å²) >= 11 is 0. The molecular weight excluding hydrogens is 252 g/mol. The van der Waals surface area contributed by atoms with Gasteiger partial charge in [0.05, 0.1) is 17.7 Å². The van der Waals surface area contributed by atoms with Gasteiger partial charge < -0.3 is 15.7 Å². The molecule has 20 heavy (non-hydrogen) atoms. The lowest BCUT2D eigenvalue weighted by atomic mass is 10.0. The summed E-state index contributed by atoms with van der Waals surface area (Å²) < 4.78 is 0. The molecule has 2 rings (SSSR count). The molecule has 4 heteroatoms. The predicted octanol–water partition coefficient (Wildman–Crippen LogP) is 2.54. The van der Waals surface area contributed by atoms with E-state index in [1.807, 2.05) is 31.2 Å². The Morgan fingerprint density at radius 3 is 2.80 bits per heavy atom. The van der Waals surface area contributed by atoms with E-state index in [9.17, 15) is 9.90 Å². The molecule has 1 fully saturated rings. The maximum Gasteiger partial charge on any atom is 0.253 e. The highest BCUT2D eigenvalue weighted by Crippen LogP contribution is 2.20. The molecule has 1 amide bonds. The van der Waals surface area contributed by atoms with Gasteiger partial charge in [-0.25, -0.2) is 0 Å². The number of para-hydroxylation sites is 1. The Morgan fingerprint density at radius 1 is 1.25 bits per heavy atom. The van der Waals surface area contributed by atoms with Crippen LogP contribution in [0.5, 0.6) is 0 Å². The average Bonchev–Trinajstić information content (AvgIpc) is 2.65. The van der Waals surface area contributed by atoms with Crippen molar-refractivity contribution in [1.29, 1.82) is 0 Å². The van der Waals surface area contributed by atoms with Crippen molar-refractivity contribution in [3.8, 4) is 0 Å². The molecular formula is C16H24N2O2. The van der Waals surface area contributed by atoms with Gasteiger partial charge in [-0.15, -0.1) is 0 Å².